The van der Waals surface area contributed by atoms with Gasteiger partial charge >= 0.3 is 0 Å². The smallest absolute Gasteiger partial charge is 0.228 e. The molecule has 1 saturated heterocycles. The fourth-order valence-electron chi connectivity index (χ4n) is 3.10. The van der Waals surface area contributed by atoms with Crippen LogP contribution in [-0.4, -0.2) is 58.0 Å². The second-order valence-corrected chi connectivity index (χ2v) is 7.19. The highest BCUT2D eigenvalue weighted by Gasteiger charge is 2.30. The molecule has 6 nitrogen and oxygen atoms in total. The number of fused-ring (bicyclic) bond motifs is 1. The van der Waals surface area contributed by atoms with Crippen LogP contribution in [0.1, 0.15) is 32.3 Å². The molecule has 0 aliphatic carbocycles. The summed E-state index contributed by atoms with van der Waals surface area (Å²) < 4.78 is 7.70. The Balaban J connectivity index is 1.56. The number of carbonyl (C=O) groups is 1. The van der Waals surface area contributed by atoms with Gasteiger partial charge in [0, 0.05) is 50.9 Å². The van der Waals surface area contributed by atoms with Crippen molar-refractivity contribution in [3.8, 4) is 0 Å². The number of nitrogens with zero attached hydrogens (tertiary/aromatic N) is 4. The van der Waals surface area contributed by atoms with E-state index in [1.165, 1.54) is 5.69 Å². The average molecular weight is 306 g/mol. The minimum atomic E-state index is -0.285. The van der Waals surface area contributed by atoms with Gasteiger partial charge in [0.05, 0.1) is 12.3 Å². The van der Waals surface area contributed by atoms with E-state index >= 15 is 0 Å². The Hall–Kier alpha value is -1.40. The molecule has 2 aliphatic heterocycles. The first-order valence-electron chi connectivity index (χ1n) is 8.08. The van der Waals surface area contributed by atoms with E-state index in [4.69, 9.17) is 4.74 Å². The molecule has 2 aliphatic rings. The van der Waals surface area contributed by atoms with E-state index in [9.17, 15) is 4.79 Å². The van der Waals surface area contributed by atoms with Crippen molar-refractivity contribution in [3.05, 3.63) is 17.7 Å². The number of amides is 1. The van der Waals surface area contributed by atoms with E-state index in [2.05, 4.69) is 14.5 Å². The van der Waals surface area contributed by atoms with Gasteiger partial charge in [0.1, 0.15) is 12.4 Å². The number of rotatable bonds is 2. The van der Waals surface area contributed by atoms with Crippen LogP contribution < -0.4 is 0 Å². The summed E-state index contributed by atoms with van der Waals surface area (Å²) in [6.45, 7) is 12.7. The summed E-state index contributed by atoms with van der Waals surface area (Å²) in [4.78, 5) is 21.2. The van der Waals surface area contributed by atoms with Gasteiger partial charge in [-0.25, -0.2) is 4.98 Å². The minimum absolute atomic E-state index is 0.256. The summed E-state index contributed by atoms with van der Waals surface area (Å²) in [6, 6.07) is 0. The second kappa shape index (κ2) is 6.01. The molecule has 0 radical (unpaired) electrons. The van der Waals surface area contributed by atoms with Crippen molar-refractivity contribution in [1.29, 1.82) is 0 Å². The van der Waals surface area contributed by atoms with Crippen LogP contribution in [0.5, 0.6) is 0 Å². The topological polar surface area (TPSA) is 50.6 Å². The average Bonchev–Trinajstić information content (AvgIpc) is 2.90. The number of carbonyl (C=O) groups excluding carboxylic acids is 1. The number of hydrogen-bond acceptors (Lipinski definition) is 4. The Morgan fingerprint density at radius 2 is 1.95 bits per heavy atom. The molecule has 0 spiro atoms. The molecular formula is C16H26N4O2. The third-order valence-electron chi connectivity index (χ3n) is 4.40. The Bertz CT molecular complexity index is 539. The van der Waals surface area contributed by atoms with Gasteiger partial charge in [0.2, 0.25) is 5.91 Å². The van der Waals surface area contributed by atoms with Crippen LogP contribution in [0.3, 0.4) is 0 Å². The Labute approximate surface area is 132 Å². The molecule has 0 N–H and O–H groups in total. The number of aromatic nitrogens is 2. The van der Waals surface area contributed by atoms with Crippen molar-refractivity contribution in [3.63, 3.8) is 0 Å². The molecule has 22 heavy (non-hydrogen) atoms. The fourth-order valence-corrected chi connectivity index (χ4v) is 3.10. The number of piperazine rings is 1. The molecule has 0 aromatic carbocycles. The molecule has 1 fully saturated rings. The first-order valence-corrected chi connectivity index (χ1v) is 8.08. The lowest BCUT2D eigenvalue weighted by Crippen LogP contribution is -2.51. The van der Waals surface area contributed by atoms with E-state index in [1.54, 1.807) is 0 Å². The van der Waals surface area contributed by atoms with Crippen LogP contribution in [0.15, 0.2) is 6.20 Å². The summed E-state index contributed by atoms with van der Waals surface area (Å²) in [6.07, 6.45) is 1.97. The van der Waals surface area contributed by atoms with Gasteiger partial charge in [-0.15, -0.1) is 0 Å². The van der Waals surface area contributed by atoms with Gasteiger partial charge in [-0.3, -0.25) is 9.69 Å². The molecule has 3 heterocycles. The van der Waals surface area contributed by atoms with Crippen molar-refractivity contribution >= 4 is 5.91 Å². The molecule has 0 atom stereocenters. The van der Waals surface area contributed by atoms with Crippen molar-refractivity contribution in [2.75, 3.05) is 32.8 Å². The van der Waals surface area contributed by atoms with Crippen molar-refractivity contribution in [2.24, 2.45) is 5.41 Å². The summed E-state index contributed by atoms with van der Waals surface area (Å²) >= 11 is 0. The van der Waals surface area contributed by atoms with Crippen molar-refractivity contribution in [2.45, 2.75) is 40.5 Å². The molecule has 6 heteroatoms. The van der Waals surface area contributed by atoms with Gasteiger partial charge in [-0.2, -0.15) is 0 Å². The predicted octanol–water partition coefficient (Wildman–Crippen LogP) is 1.10. The van der Waals surface area contributed by atoms with Gasteiger partial charge < -0.3 is 14.2 Å². The Morgan fingerprint density at radius 1 is 1.23 bits per heavy atom. The summed E-state index contributed by atoms with van der Waals surface area (Å²) in [5.41, 5.74) is 0.973. The van der Waals surface area contributed by atoms with Crippen LogP contribution in [-0.2, 0) is 29.2 Å². The minimum Gasteiger partial charge on any atom is -0.372 e. The summed E-state index contributed by atoms with van der Waals surface area (Å²) in [7, 11) is 0. The highest BCUT2D eigenvalue weighted by atomic mass is 16.5. The van der Waals surface area contributed by atoms with Gasteiger partial charge in [-0.1, -0.05) is 20.8 Å². The van der Waals surface area contributed by atoms with Crippen LogP contribution in [0.4, 0.5) is 0 Å². The quantitative estimate of drug-likeness (QED) is 0.821. The zero-order chi connectivity index (χ0) is 15.7. The third kappa shape index (κ3) is 3.17. The number of ether oxygens (including phenoxy) is 1. The van der Waals surface area contributed by atoms with Crippen molar-refractivity contribution in [1.82, 2.24) is 19.4 Å². The molecule has 1 aromatic rings. The lowest BCUT2D eigenvalue weighted by Gasteiger charge is -2.37. The molecule has 0 bridgehead atoms. The molecule has 1 aromatic heterocycles. The SMILES string of the molecule is CC(C)(C)C(=O)N1CCN(Cc2cnc3n2CCOC3)CC1. The van der Waals surface area contributed by atoms with Crippen LogP contribution in [0.2, 0.25) is 0 Å². The molecule has 1 amide bonds. The zero-order valence-electron chi connectivity index (χ0n) is 13.8. The third-order valence-corrected chi connectivity index (χ3v) is 4.40. The Morgan fingerprint density at radius 3 is 2.64 bits per heavy atom. The van der Waals surface area contributed by atoms with E-state index in [0.29, 0.717) is 6.61 Å². The molecule has 122 valence electrons. The fraction of sp³-hybridized carbons (Fsp3) is 0.750. The lowest BCUT2D eigenvalue weighted by molar-refractivity contribution is -0.141. The van der Waals surface area contributed by atoms with Gasteiger partial charge in [0.15, 0.2) is 0 Å². The maximum absolute atomic E-state index is 12.3. The van der Waals surface area contributed by atoms with E-state index < -0.39 is 0 Å². The summed E-state index contributed by atoms with van der Waals surface area (Å²) in [5, 5.41) is 0. The van der Waals surface area contributed by atoms with Crippen LogP contribution in [0.25, 0.3) is 0 Å². The molecule has 0 saturated carbocycles. The standard InChI is InChI=1S/C16H26N4O2/c1-16(2,3)15(21)19-6-4-18(5-7-19)11-13-10-17-14-12-22-9-8-20(13)14/h10H,4-9,11-12H2,1-3H3. The first kappa shape index (κ1) is 15.5. The number of imidazole rings is 1. The maximum atomic E-state index is 12.3. The largest absolute Gasteiger partial charge is 0.372 e. The highest BCUT2D eigenvalue weighted by Crippen LogP contribution is 2.20. The summed E-state index contributed by atoms with van der Waals surface area (Å²) in [5.74, 6) is 1.29. The molecule has 3 rings (SSSR count). The molecular weight excluding hydrogens is 280 g/mol. The van der Waals surface area contributed by atoms with Gasteiger partial charge in [-0.05, 0) is 0 Å². The number of hydrogen-bond donors (Lipinski definition) is 0. The van der Waals surface area contributed by atoms with E-state index in [-0.39, 0.29) is 11.3 Å². The van der Waals surface area contributed by atoms with E-state index in [0.717, 1.165) is 51.7 Å². The monoisotopic (exact) mass is 306 g/mol. The zero-order valence-corrected chi connectivity index (χ0v) is 13.8. The Kier molecular flexibility index (Phi) is 4.23. The second-order valence-electron chi connectivity index (χ2n) is 7.19. The van der Waals surface area contributed by atoms with Crippen molar-refractivity contribution < 1.29 is 9.53 Å². The molecule has 0 unspecified atom stereocenters. The lowest BCUT2D eigenvalue weighted by atomic mass is 9.94. The predicted molar refractivity (Wildman–Crippen MR) is 83.2 cm³/mol. The maximum Gasteiger partial charge on any atom is 0.228 e. The van der Waals surface area contributed by atoms with Crippen LogP contribution in [0, 0.1) is 5.41 Å². The first-order chi connectivity index (χ1) is 10.4. The van der Waals surface area contributed by atoms with Crippen LogP contribution >= 0.6 is 0 Å². The normalized spacial score (nSPS) is 20.0. The van der Waals surface area contributed by atoms with E-state index in [1.807, 2.05) is 31.9 Å². The van der Waals surface area contributed by atoms with Gasteiger partial charge in [0.25, 0.3) is 0 Å². The highest BCUT2D eigenvalue weighted by molar-refractivity contribution is 5.81.